The Morgan fingerprint density at radius 1 is 1.29 bits per heavy atom. The van der Waals surface area contributed by atoms with Crippen LogP contribution in [0.2, 0.25) is 0 Å². The van der Waals surface area contributed by atoms with Crippen molar-refractivity contribution in [3.63, 3.8) is 0 Å². The van der Waals surface area contributed by atoms with Crippen LogP contribution in [0.3, 0.4) is 0 Å². The second-order valence-electron chi connectivity index (χ2n) is 3.33. The van der Waals surface area contributed by atoms with Gasteiger partial charge in [-0.2, -0.15) is 0 Å². The fraction of sp³-hybridized carbons (Fsp3) is 0.0909. The molecule has 2 heterocycles. The Kier molecular flexibility index (Phi) is 1.36. The highest BCUT2D eigenvalue weighted by molar-refractivity contribution is 5.84. The van der Waals surface area contributed by atoms with E-state index < -0.39 is 0 Å². The van der Waals surface area contributed by atoms with Gasteiger partial charge < -0.3 is 5.11 Å². The number of hydrogen-bond donors (Lipinski definition) is 1. The van der Waals surface area contributed by atoms with Crippen molar-refractivity contribution in [1.29, 1.82) is 0 Å². The topological polar surface area (TPSA) is 45.0 Å². The molecule has 3 heteroatoms. The molecule has 0 saturated heterocycles. The summed E-state index contributed by atoms with van der Waals surface area (Å²) in [5.41, 5.74) is 2.08. The zero-order valence-corrected chi connectivity index (χ0v) is 7.44. The van der Waals surface area contributed by atoms with Crippen LogP contribution in [0.1, 0.15) is 0 Å². The minimum Gasteiger partial charge on any atom is -0.508 e. The van der Waals surface area contributed by atoms with E-state index >= 15 is 0 Å². The van der Waals surface area contributed by atoms with Gasteiger partial charge in [-0.1, -0.05) is 0 Å². The van der Waals surface area contributed by atoms with Crippen LogP contribution in [0.15, 0.2) is 40.0 Å². The molecular formula is C11H8N2O. The van der Waals surface area contributed by atoms with Crippen LogP contribution in [0.25, 0.3) is 5.57 Å². The molecule has 1 aromatic rings. The fourth-order valence-electron chi connectivity index (χ4n) is 1.77. The third kappa shape index (κ3) is 0.923. The second-order valence-corrected chi connectivity index (χ2v) is 3.33. The number of nitrogens with zero attached hydrogens (tertiary/aromatic N) is 2. The lowest BCUT2D eigenvalue weighted by Gasteiger charge is -2.03. The van der Waals surface area contributed by atoms with Crippen LogP contribution in [-0.4, -0.2) is 17.9 Å². The molecule has 14 heavy (non-hydrogen) atoms. The number of phenolic OH excluding ortho intramolecular Hbond substituents is 1. The molecule has 68 valence electrons. The molecule has 0 spiro atoms. The molecule has 0 aliphatic carbocycles. The zero-order valence-electron chi connectivity index (χ0n) is 7.44. The van der Waals surface area contributed by atoms with E-state index in [1.165, 1.54) is 0 Å². The van der Waals surface area contributed by atoms with Crippen molar-refractivity contribution in [1.82, 2.24) is 0 Å². The van der Waals surface area contributed by atoms with E-state index in [4.69, 9.17) is 0 Å². The van der Waals surface area contributed by atoms with E-state index in [1.54, 1.807) is 18.3 Å². The summed E-state index contributed by atoms with van der Waals surface area (Å²) in [7, 11) is 0. The number of dihydropyridines is 1. The molecule has 0 radical (unpaired) electrons. The van der Waals surface area contributed by atoms with E-state index in [0.717, 1.165) is 21.8 Å². The maximum atomic E-state index is 9.37. The highest BCUT2D eigenvalue weighted by atomic mass is 16.3. The molecular weight excluding hydrogens is 176 g/mol. The average molecular weight is 184 g/mol. The summed E-state index contributed by atoms with van der Waals surface area (Å²) >= 11 is 0. The Morgan fingerprint density at radius 2 is 2.21 bits per heavy atom. The highest BCUT2D eigenvalue weighted by Crippen LogP contribution is 2.17. The number of allylic oxidation sites excluding steroid dienone is 1. The standard InChI is InChI=1S/C11H8N2O/c14-7-1-2-10-8(5-7)9-6-12-4-3-11(9)13-10/h1-5,14H,6H2. The molecule has 0 atom stereocenters. The van der Waals surface area contributed by atoms with Crippen molar-refractivity contribution in [3.8, 4) is 5.75 Å². The number of benzene rings is 1. The van der Waals surface area contributed by atoms with Crippen molar-refractivity contribution in [2.24, 2.45) is 9.98 Å². The number of hydrogen-bond acceptors (Lipinski definition) is 3. The van der Waals surface area contributed by atoms with Crippen molar-refractivity contribution >= 4 is 11.8 Å². The van der Waals surface area contributed by atoms with Crippen molar-refractivity contribution in [3.05, 3.63) is 40.5 Å². The van der Waals surface area contributed by atoms with Gasteiger partial charge >= 0.3 is 0 Å². The monoisotopic (exact) mass is 184 g/mol. The van der Waals surface area contributed by atoms with Gasteiger partial charge in [-0.3, -0.25) is 4.99 Å². The number of aliphatic imine (C=N–C) groups is 1. The van der Waals surface area contributed by atoms with Crippen LogP contribution in [0, 0.1) is 0 Å². The molecule has 0 bridgehead atoms. The summed E-state index contributed by atoms with van der Waals surface area (Å²) in [6.07, 6.45) is 3.67. The molecule has 0 fully saturated rings. The second kappa shape index (κ2) is 2.54. The van der Waals surface area contributed by atoms with Crippen molar-refractivity contribution in [2.45, 2.75) is 0 Å². The van der Waals surface area contributed by atoms with Crippen LogP contribution in [0.4, 0.5) is 0 Å². The molecule has 1 aromatic carbocycles. The van der Waals surface area contributed by atoms with E-state index in [2.05, 4.69) is 9.98 Å². The first-order chi connectivity index (χ1) is 6.84. The predicted molar refractivity (Wildman–Crippen MR) is 53.7 cm³/mol. The third-order valence-corrected chi connectivity index (χ3v) is 2.44. The minimum absolute atomic E-state index is 0.280. The molecule has 0 saturated carbocycles. The number of rotatable bonds is 0. The first kappa shape index (κ1) is 7.50. The van der Waals surface area contributed by atoms with Gasteiger partial charge in [-0.15, -0.1) is 0 Å². The van der Waals surface area contributed by atoms with E-state index in [1.807, 2.05) is 12.1 Å². The molecule has 0 aromatic heterocycles. The maximum absolute atomic E-state index is 9.37. The van der Waals surface area contributed by atoms with Crippen LogP contribution >= 0.6 is 0 Å². The molecule has 2 aliphatic heterocycles. The Hall–Kier alpha value is -1.90. The Labute approximate surface area is 80.5 Å². The summed E-state index contributed by atoms with van der Waals surface area (Å²) in [4.78, 5) is 8.60. The van der Waals surface area contributed by atoms with Gasteiger partial charge in [0.1, 0.15) is 5.75 Å². The smallest absolute Gasteiger partial charge is 0.116 e. The largest absolute Gasteiger partial charge is 0.508 e. The molecule has 1 N–H and O–H groups in total. The number of aromatic hydroxyl groups is 1. The lowest BCUT2D eigenvalue weighted by Crippen LogP contribution is -2.23. The van der Waals surface area contributed by atoms with Crippen LogP contribution < -0.4 is 10.6 Å². The van der Waals surface area contributed by atoms with E-state index in [-0.39, 0.29) is 5.75 Å². The molecule has 2 aliphatic rings. The summed E-state index contributed by atoms with van der Waals surface area (Å²) in [5.74, 6) is 0.280. The van der Waals surface area contributed by atoms with Crippen LogP contribution in [0.5, 0.6) is 5.75 Å². The van der Waals surface area contributed by atoms with E-state index in [0.29, 0.717) is 6.54 Å². The minimum atomic E-state index is 0.280. The summed E-state index contributed by atoms with van der Waals surface area (Å²) in [5, 5.41) is 11.3. The quantitative estimate of drug-likeness (QED) is 0.612. The Balaban J connectivity index is 2.43. The van der Waals surface area contributed by atoms with Gasteiger partial charge in [0.25, 0.3) is 0 Å². The first-order valence-corrected chi connectivity index (χ1v) is 4.46. The maximum Gasteiger partial charge on any atom is 0.116 e. The Bertz CT molecular complexity index is 582. The van der Waals surface area contributed by atoms with Gasteiger partial charge in [0, 0.05) is 17.0 Å². The summed E-state index contributed by atoms with van der Waals surface area (Å²) in [6, 6.07) is 5.23. The van der Waals surface area contributed by atoms with Gasteiger partial charge in [0.2, 0.25) is 0 Å². The lowest BCUT2D eigenvalue weighted by molar-refractivity contribution is 0.474. The zero-order chi connectivity index (χ0) is 9.54. The summed E-state index contributed by atoms with van der Waals surface area (Å²) in [6.45, 7) is 0.659. The van der Waals surface area contributed by atoms with Gasteiger partial charge in [-0.25, -0.2) is 4.99 Å². The highest BCUT2D eigenvalue weighted by Gasteiger charge is 2.13. The molecule has 0 amide bonds. The lowest BCUT2D eigenvalue weighted by atomic mass is 10.1. The van der Waals surface area contributed by atoms with Crippen LogP contribution in [-0.2, 0) is 0 Å². The average Bonchev–Trinajstić information content (AvgIpc) is 2.56. The normalized spacial score (nSPS) is 17.1. The number of phenols is 1. The van der Waals surface area contributed by atoms with Gasteiger partial charge in [0.05, 0.1) is 17.6 Å². The fourth-order valence-corrected chi connectivity index (χ4v) is 1.77. The van der Waals surface area contributed by atoms with E-state index in [9.17, 15) is 5.11 Å². The SMILES string of the molecule is Oc1ccc2c(c1)=C1CN=CC=C1N=2. The van der Waals surface area contributed by atoms with Crippen molar-refractivity contribution < 1.29 is 5.11 Å². The van der Waals surface area contributed by atoms with Crippen molar-refractivity contribution in [2.75, 3.05) is 6.54 Å². The van der Waals surface area contributed by atoms with Gasteiger partial charge in [-0.05, 0) is 24.3 Å². The van der Waals surface area contributed by atoms with Gasteiger partial charge in [0.15, 0.2) is 0 Å². The third-order valence-electron chi connectivity index (χ3n) is 2.44. The molecule has 0 unspecified atom stereocenters. The Morgan fingerprint density at radius 3 is 3.14 bits per heavy atom. The number of fused-ring (bicyclic) bond motifs is 2. The summed E-state index contributed by atoms with van der Waals surface area (Å²) < 4.78 is 0. The molecule has 3 rings (SSSR count). The first-order valence-electron chi connectivity index (χ1n) is 4.46. The predicted octanol–water partition coefficient (Wildman–Crippen LogP) is 0.144. The molecule has 3 nitrogen and oxygen atoms in total.